The number of hydrogen-bond acceptors (Lipinski definition) is 10. The van der Waals surface area contributed by atoms with E-state index in [0.717, 1.165) is 49.5 Å². The quantitative estimate of drug-likeness (QED) is 0.150. The summed E-state index contributed by atoms with van der Waals surface area (Å²) in [7, 11) is 0. The Labute approximate surface area is 276 Å². The highest BCUT2D eigenvalue weighted by molar-refractivity contribution is 7.15. The van der Waals surface area contributed by atoms with Crippen molar-refractivity contribution in [3.8, 4) is 16.8 Å². The summed E-state index contributed by atoms with van der Waals surface area (Å²) in [6, 6.07) is 7.59. The van der Waals surface area contributed by atoms with Crippen molar-refractivity contribution < 1.29 is 23.7 Å². The van der Waals surface area contributed by atoms with Gasteiger partial charge in [0.05, 0.1) is 75.1 Å². The van der Waals surface area contributed by atoms with E-state index in [-0.39, 0.29) is 12.6 Å². The van der Waals surface area contributed by atoms with Crippen molar-refractivity contribution in [2.45, 2.75) is 33.4 Å². The van der Waals surface area contributed by atoms with Gasteiger partial charge in [-0.25, -0.2) is 0 Å². The van der Waals surface area contributed by atoms with E-state index in [0.29, 0.717) is 57.8 Å². The number of aryl methyl sites for hydroxylation is 1. The normalized spacial score (nSPS) is 13.8. The molecule has 0 radical (unpaired) electrons. The Kier molecular flexibility index (Phi) is 11.7. The maximum atomic E-state index is 10.6. The van der Waals surface area contributed by atoms with Crippen LogP contribution in [-0.2, 0) is 30.3 Å². The summed E-state index contributed by atoms with van der Waals surface area (Å²) < 4.78 is 25.4. The molecule has 1 atom stereocenters. The fraction of sp³-hybridized carbons (Fsp3) is 0.406. The lowest BCUT2D eigenvalue weighted by molar-refractivity contribution is -0.123. The zero-order chi connectivity index (χ0) is 32.5. The van der Waals surface area contributed by atoms with Gasteiger partial charge < -0.3 is 24.7 Å². The SMILES string of the molecule is Cc1c(C#Cc2cnn(CCOCCOCCOCCOCC(N)=O)c2)sc2c1C(c1ccc(Cl)cc1)=N[C@@H](C)c1nnc(C)n1-2. The third-order valence-corrected chi connectivity index (χ3v) is 8.46. The molecule has 5 rings (SSSR count). The lowest BCUT2D eigenvalue weighted by Crippen LogP contribution is -2.20. The number of carbonyl (C=O) groups excluding carboxylic acids is 1. The van der Waals surface area contributed by atoms with Crippen molar-refractivity contribution in [3.63, 3.8) is 0 Å². The van der Waals surface area contributed by atoms with E-state index in [2.05, 4.69) is 38.6 Å². The lowest BCUT2D eigenvalue weighted by atomic mass is 9.99. The molecule has 0 saturated carbocycles. The number of nitrogens with zero attached hydrogens (tertiary/aromatic N) is 6. The standard InChI is InChI=1S/C32H36ClN7O5S/c1-21-27(9-4-24-18-35-39(19-24)10-11-42-12-13-43-14-15-44-16-17-45-20-28(34)41)46-32-29(21)30(25-5-7-26(33)8-6-25)36-22(2)31-38-37-23(3)40(31)32/h5-8,18-19,22H,10-17,20H2,1-3H3,(H2,34,41)/t22-/m0/s1. The predicted octanol–water partition coefficient (Wildman–Crippen LogP) is 3.66. The molecule has 3 aromatic heterocycles. The molecule has 1 aliphatic heterocycles. The van der Waals surface area contributed by atoms with Crippen molar-refractivity contribution in [2.75, 3.05) is 52.9 Å². The van der Waals surface area contributed by atoms with Crippen LogP contribution in [0.3, 0.4) is 0 Å². The third-order valence-electron chi connectivity index (χ3n) is 7.01. The molecule has 0 aliphatic carbocycles. The molecule has 0 unspecified atom stereocenters. The molecule has 242 valence electrons. The Hall–Kier alpha value is -3.90. The Balaban J connectivity index is 1.16. The summed E-state index contributed by atoms with van der Waals surface area (Å²) in [5.74, 6) is 7.76. The van der Waals surface area contributed by atoms with Crippen molar-refractivity contribution in [1.29, 1.82) is 0 Å². The average Bonchev–Trinajstić information content (AvgIpc) is 3.72. The molecule has 0 saturated heterocycles. The summed E-state index contributed by atoms with van der Waals surface area (Å²) in [6.07, 6.45) is 3.67. The molecule has 4 heterocycles. The van der Waals surface area contributed by atoms with E-state index in [9.17, 15) is 4.79 Å². The van der Waals surface area contributed by atoms with Crippen molar-refractivity contribution in [1.82, 2.24) is 24.5 Å². The first-order valence-corrected chi connectivity index (χ1v) is 16.0. The number of benzene rings is 1. The van der Waals surface area contributed by atoms with Crippen LogP contribution in [0.2, 0.25) is 5.02 Å². The van der Waals surface area contributed by atoms with Gasteiger partial charge in [-0.1, -0.05) is 35.6 Å². The topological polar surface area (TPSA) is 141 Å². The van der Waals surface area contributed by atoms with Gasteiger partial charge in [0.15, 0.2) is 5.82 Å². The Morgan fingerprint density at radius 1 is 0.978 bits per heavy atom. The number of nitrogens with two attached hydrogens (primary N) is 1. The van der Waals surface area contributed by atoms with E-state index in [1.807, 2.05) is 49.0 Å². The van der Waals surface area contributed by atoms with Crippen LogP contribution in [0, 0.1) is 25.7 Å². The van der Waals surface area contributed by atoms with Crippen LogP contribution >= 0.6 is 22.9 Å². The number of ether oxygens (including phenoxy) is 4. The van der Waals surface area contributed by atoms with Gasteiger partial charge in [-0.05, 0) is 38.5 Å². The first-order valence-electron chi connectivity index (χ1n) is 14.9. The molecule has 1 amide bonds. The number of halogens is 1. The van der Waals surface area contributed by atoms with E-state index in [1.165, 1.54) is 0 Å². The van der Waals surface area contributed by atoms with Crippen LogP contribution in [0.4, 0.5) is 0 Å². The van der Waals surface area contributed by atoms with Crippen molar-refractivity contribution in [3.05, 3.63) is 80.5 Å². The van der Waals surface area contributed by atoms with Crippen LogP contribution in [0.1, 0.15) is 51.7 Å². The zero-order valence-corrected chi connectivity index (χ0v) is 27.6. The van der Waals surface area contributed by atoms with Crippen LogP contribution in [0.15, 0.2) is 41.7 Å². The maximum absolute atomic E-state index is 10.6. The fourth-order valence-electron chi connectivity index (χ4n) is 4.77. The van der Waals surface area contributed by atoms with Crippen LogP contribution in [0.25, 0.3) is 5.00 Å². The Bertz CT molecular complexity index is 1740. The van der Waals surface area contributed by atoms with Gasteiger partial charge in [0.1, 0.15) is 23.5 Å². The average molecular weight is 666 g/mol. The number of carbonyl (C=O) groups is 1. The number of amides is 1. The van der Waals surface area contributed by atoms with Crippen molar-refractivity contribution in [2.24, 2.45) is 10.7 Å². The van der Waals surface area contributed by atoms with Gasteiger partial charge in [0.2, 0.25) is 5.91 Å². The summed E-state index contributed by atoms with van der Waals surface area (Å²) in [6.45, 7) is 9.55. The molecule has 46 heavy (non-hydrogen) atoms. The number of primary amides is 1. The van der Waals surface area contributed by atoms with Gasteiger partial charge >= 0.3 is 0 Å². The smallest absolute Gasteiger partial charge is 0.243 e. The minimum atomic E-state index is -0.498. The fourth-order valence-corrected chi connectivity index (χ4v) is 6.11. The summed E-state index contributed by atoms with van der Waals surface area (Å²) in [4.78, 5) is 16.6. The number of aromatic nitrogens is 5. The van der Waals surface area contributed by atoms with E-state index < -0.39 is 5.91 Å². The zero-order valence-electron chi connectivity index (χ0n) is 26.0. The van der Waals surface area contributed by atoms with Crippen LogP contribution < -0.4 is 5.73 Å². The summed E-state index contributed by atoms with van der Waals surface area (Å²) in [5, 5.41) is 14.9. The molecular weight excluding hydrogens is 630 g/mol. The molecule has 2 N–H and O–H groups in total. The predicted molar refractivity (Wildman–Crippen MR) is 175 cm³/mol. The van der Waals surface area contributed by atoms with Gasteiger partial charge in [-0.2, -0.15) is 5.10 Å². The number of hydrogen-bond donors (Lipinski definition) is 1. The Morgan fingerprint density at radius 2 is 1.65 bits per heavy atom. The summed E-state index contributed by atoms with van der Waals surface area (Å²) in [5.41, 5.74) is 9.76. The Morgan fingerprint density at radius 3 is 2.35 bits per heavy atom. The van der Waals surface area contributed by atoms with Gasteiger partial charge in [-0.15, -0.1) is 21.5 Å². The first kappa shape index (κ1) is 33.5. The molecule has 12 nitrogen and oxygen atoms in total. The largest absolute Gasteiger partial charge is 0.377 e. The molecule has 4 aromatic rings. The van der Waals surface area contributed by atoms with Gasteiger partial charge in [0, 0.05) is 22.3 Å². The van der Waals surface area contributed by atoms with E-state index in [1.54, 1.807) is 17.5 Å². The molecule has 14 heteroatoms. The van der Waals surface area contributed by atoms with Crippen LogP contribution in [0.5, 0.6) is 0 Å². The van der Waals surface area contributed by atoms with E-state index in [4.69, 9.17) is 41.3 Å². The second-order valence-corrected chi connectivity index (χ2v) is 11.9. The molecule has 0 spiro atoms. The van der Waals surface area contributed by atoms with Gasteiger partial charge in [-0.3, -0.25) is 19.0 Å². The second-order valence-electron chi connectivity index (χ2n) is 10.4. The number of rotatable bonds is 15. The van der Waals surface area contributed by atoms with Crippen molar-refractivity contribution >= 4 is 34.6 Å². The molecule has 0 bridgehead atoms. The van der Waals surface area contributed by atoms with E-state index >= 15 is 0 Å². The lowest BCUT2D eigenvalue weighted by Gasteiger charge is -2.09. The molecule has 1 aromatic carbocycles. The second kappa shape index (κ2) is 16.1. The maximum Gasteiger partial charge on any atom is 0.243 e. The van der Waals surface area contributed by atoms with Crippen LogP contribution in [-0.4, -0.2) is 89.0 Å². The number of fused-ring (bicyclic) bond motifs is 3. The first-order chi connectivity index (χ1) is 22.3. The highest BCUT2D eigenvalue weighted by Gasteiger charge is 2.30. The monoisotopic (exact) mass is 665 g/mol. The van der Waals surface area contributed by atoms with Gasteiger partial charge in [0.25, 0.3) is 0 Å². The highest BCUT2D eigenvalue weighted by atomic mass is 35.5. The minimum Gasteiger partial charge on any atom is -0.377 e. The third kappa shape index (κ3) is 8.47. The summed E-state index contributed by atoms with van der Waals surface area (Å²) >= 11 is 7.81. The number of aliphatic imine (C=N–C) groups is 1. The highest BCUT2D eigenvalue weighted by Crippen LogP contribution is 2.38. The number of thiophene rings is 1. The molecule has 0 fully saturated rings. The minimum absolute atomic E-state index is 0.101. The molecule has 1 aliphatic rings. The molecular formula is C32H36ClN7O5S.